The van der Waals surface area contributed by atoms with Crippen LogP contribution in [0.3, 0.4) is 0 Å². The van der Waals surface area contributed by atoms with Crippen LogP contribution in [0, 0.1) is 0 Å². The molecule has 0 fully saturated rings. The van der Waals surface area contributed by atoms with Crippen LogP contribution in [0.15, 0.2) is 167 Å². The molecule has 0 amide bonds. The monoisotopic (exact) mass is 628 g/mol. The van der Waals surface area contributed by atoms with Gasteiger partial charge in [0, 0.05) is 21.5 Å². The Morgan fingerprint density at radius 3 is 1.67 bits per heavy atom. The fraction of sp³-hybridized carbons (Fsp3) is 0.0638. The Bertz CT molecular complexity index is 2790. The van der Waals surface area contributed by atoms with Gasteiger partial charge in [-0.1, -0.05) is 127 Å². The minimum absolute atomic E-state index is 0.901. The average molecular weight is 629 g/mol. The molecule has 8 aromatic carbocycles. The molecule has 10 rings (SSSR count). The van der Waals surface area contributed by atoms with E-state index in [9.17, 15) is 0 Å². The van der Waals surface area contributed by atoms with Crippen LogP contribution in [0.2, 0.25) is 0 Å². The van der Waals surface area contributed by atoms with Gasteiger partial charge < -0.3 is 8.83 Å². The van der Waals surface area contributed by atoms with Crippen LogP contribution in [0.1, 0.15) is 17.5 Å². The third kappa shape index (κ3) is 4.48. The molecule has 0 radical (unpaired) electrons. The Labute approximate surface area is 283 Å². The quantitative estimate of drug-likeness (QED) is 0.171. The molecule has 0 unspecified atom stereocenters. The smallest absolute Gasteiger partial charge is 0.136 e. The highest BCUT2D eigenvalue weighted by molar-refractivity contribution is 6.26. The first-order valence-corrected chi connectivity index (χ1v) is 17.1. The van der Waals surface area contributed by atoms with Crippen LogP contribution in [0.5, 0.6) is 0 Å². The lowest BCUT2D eigenvalue weighted by atomic mass is 9.86. The fourth-order valence-corrected chi connectivity index (χ4v) is 8.14. The van der Waals surface area contributed by atoms with E-state index in [-0.39, 0.29) is 0 Å². The molecule has 10 aromatic rings. The Kier molecular flexibility index (Phi) is 6.41. The second kappa shape index (κ2) is 11.2. The lowest BCUT2D eigenvalue weighted by Crippen LogP contribution is -1.96. The van der Waals surface area contributed by atoms with E-state index >= 15 is 0 Å². The van der Waals surface area contributed by atoms with Crippen LogP contribution in [-0.2, 0) is 12.8 Å². The van der Waals surface area contributed by atoms with Crippen molar-refractivity contribution < 1.29 is 8.83 Å². The van der Waals surface area contributed by atoms with Crippen LogP contribution >= 0.6 is 0 Å². The minimum Gasteiger partial charge on any atom is -0.456 e. The van der Waals surface area contributed by atoms with Gasteiger partial charge >= 0.3 is 0 Å². The molecule has 0 aliphatic carbocycles. The molecule has 0 saturated carbocycles. The summed E-state index contributed by atoms with van der Waals surface area (Å²) < 4.78 is 12.7. The molecule has 0 atom stereocenters. The van der Waals surface area contributed by atoms with E-state index in [0.717, 1.165) is 57.8 Å². The SMILES string of the molecule is c1ccc(-c2cccc(-c3c4ccccc4c(CCCc4cccc5oc6ccc7oc8ccccc8c7c6c45)c4ccccc34)c2)cc1. The Morgan fingerprint density at radius 2 is 0.898 bits per heavy atom. The van der Waals surface area contributed by atoms with E-state index in [0.29, 0.717) is 0 Å². The number of hydrogen-bond acceptors (Lipinski definition) is 2. The zero-order chi connectivity index (χ0) is 32.3. The maximum Gasteiger partial charge on any atom is 0.136 e. The van der Waals surface area contributed by atoms with Crippen molar-refractivity contribution in [3.05, 3.63) is 169 Å². The summed E-state index contributed by atoms with van der Waals surface area (Å²) in [5.41, 5.74) is 11.4. The maximum atomic E-state index is 6.45. The van der Waals surface area contributed by atoms with Gasteiger partial charge in [0.2, 0.25) is 0 Å². The van der Waals surface area contributed by atoms with Crippen molar-refractivity contribution in [1.82, 2.24) is 0 Å². The molecule has 2 heterocycles. The Hall–Kier alpha value is -6.12. The van der Waals surface area contributed by atoms with Crippen molar-refractivity contribution in [2.75, 3.05) is 0 Å². The van der Waals surface area contributed by atoms with Crippen molar-refractivity contribution in [1.29, 1.82) is 0 Å². The van der Waals surface area contributed by atoms with E-state index in [4.69, 9.17) is 8.83 Å². The Morgan fingerprint density at radius 1 is 0.347 bits per heavy atom. The normalized spacial score (nSPS) is 11.9. The third-order valence-electron chi connectivity index (χ3n) is 10.3. The molecule has 0 N–H and O–H groups in total. The molecular weight excluding hydrogens is 597 g/mol. The average Bonchev–Trinajstić information content (AvgIpc) is 3.74. The zero-order valence-corrected chi connectivity index (χ0v) is 26.9. The number of fused-ring (bicyclic) bond motifs is 9. The number of hydrogen-bond donors (Lipinski definition) is 0. The molecule has 0 spiro atoms. The van der Waals surface area contributed by atoms with Crippen LogP contribution < -0.4 is 0 Å². The minimum atomic E-state index is 0.901. The van der Waals surface area contributed by atoms with Crippen molar-refractivity contribution in [2.45, 2.75) is 19.3 Å². The first-order valence-electron chi connectivity index (χ1n) is 17.1. The zero-order valence-electron chi connectivity index (χ0n) is 26.9. The maximum absolute atomic E-state index is 6.45. The van der Waals surface area contributed by atoms with Gasteiger partial charge in [0.25, 0.3) is 0 Å². The highest BCUT2D eigenvalue weighted by Crippen LogP contribution is 2.43. The molecule has 0 aliphatic rings. The molecular formula is C47H32O2. The van der Waals surface area contributed by atoms with Gasteiger partial charge in [-0.3, -0.25) is 0 Å². The van der Waals surface area contributed by atoms with Gasteiger partial charge in [0.1, 0.15) is 22.3 Å². The summed E-state index contributed by atoms with van der Waals surface area (Å²) in [7, 11) is 0. The molecule has 0 aliphatic heterocycles. The van der Waals surface area contributed by atoms with Gasteiger partial charge in [0.05, 0.1) is 0 Å². The highest BCUT2D eigenvalue weighted by atomic mass is 16.3. The summed E-state index contributed by atoms with van der Waals surface area (Å²) in [5, 5.41) is 9.91. The molecule has 2 nitrogen and oxygen atoms in total. The van der Waals surface area contributed by atoms with Crippen molar-refractivity contribution in [2.24, 2.45) is 0 Å². The van der Waals surface area contributed by atoms with Gasteiger partial charge in [-0.15, -0.1) is 0 Å². The van der Waals surface area contributed by atoms with Crippen LogP contribution in [0.25, 0.3) is 87.7 Å². The van der Waals surface area contributed by atoms with E-state index in [2.05, 4.69) is 140 Å². The topological polar surface area (TPSA) is 26.3 Å². The lowest BCUT2D eigenvalue weighted by Gasteiger charge is -2.18. The second-order valence-electron chi connectivity index (χ2n) is 13.0. The van der Waals surface area contributed by atoms with Crippen LogP contribution in [0.4, 0.5) is 0 Å². The fourth-order valence-electron chi connectivity index (χ4n) is 8.14. The number of aryl methyl sites for hydroxylation is 2. The van der Waals surface area contributed by atoms with Gasteiger partial charge in [0.15, 0.2) is 0 Å². The van der Waals surface area contributed by atoms with Gasteiger partial charge in [-0.25, -0.2) is 0 Å². The highest BCUT2D eigenvalue weighted by Gasteiger charge is 2.19. The molecule has 232 valence electrons. The Balaban J connectivity index is 1.08. The van der Waals surface area contributed by atoms with E-state index in [1.807, 2.05) is 18.2 Å². The number of furan rings is 2. The van der Waals surface area contributed by atoms with Gasteiger partial charge in [-0.2, -0.15) is 0 Å². The predicted octanol–water partition coefficient (Wildman–Crippen LogP) is 13.3. The summed E-state index contributed by atoms with van der Waals surface area (Å²) in [4.78, 5) is 0. The molecule has 0 saturated heterocycles. The first-order chi connectivity index (χ1) is 24.3. The lowest BCUT2D eigenvalue weighted by molar-refractivity contribution is 0.662. The number of benzene rings is 8. The summed E-state index contributed by atoms with van der Waals surface area (Å²) >= 11 is 0. The van der Waals surface area contributed by atoms with E-state index in [1.165, 1.54) is 60.3 Å². The third-order valence-corrected chi connectivity index (χ3v) is 10.3. The van der Waals surface area contributed by atoms with Gasteiger partial charge in [-0.05, 0) is 105 Å². The summed E-state index contributed by atoms with van der Waals surface area (Å²) in [6.45, 7) is 0. The summed E-state index contributed by atoms with van der Waals surface area (Å²) in [5.74, 6) is 0. The molecule has 2 heteroatoms. The van der Waals surface area contributed by atoms with E-state index < -0.39 is 0 Å². The van der Waals surface area contributed by atoms with Crippen molar-refractivity contribution in [3.63, 3.8) is 0 Å². The first kappa shape index (κ1) is 27.9. The van der Waals surface area contributed by atoms with Crippen LogP contribution in [-0.4, -0.2) is 0 Å². The number of para-hydroxylation sites is 1. The van der Waals surface area contributed by atoms with E-state index in [1.54, 1.807) is 0 Å². The molecule has 2 aromatic heterocycles. The number of rotatable bonds is 6. The van der Waals surface area contributed by atoms with Crippen molar-refractivity contribution in [3.8, 4) is 22.3 Å². The van der Waals surface area contributed by atoms with Crippen molar-refractivity contribution >= 4 is 65.4 Å². The second-order valence-corrected chi connectivity index (χ2v) is 13.0. The predicted molar refractivity (Wildman–Crippen MR) is 205 cm³/mol. The molecule has 0 bridgehead atoms. The molecule has 49 heavy (non-hydrogen) atoms. The largest absolute Gasteiger partial charge is 0.456 e. The summed E-state index contributed by atoms with van der Waals surface area (Å²) in [6.07, 6.45) is 2.94. The summed E-state index contributed by atoms with van der Waals surface area (Å²) in [6, 6.07) is 56.5. The standard InChI is InChI=1S/C47H32O2/c1-2-13-30(14-3-1)32-17-10-18-33(29-32)44-37-21-6-4-19-35(37)34(36-20-5-7-22-38(36)44)24-11-15-31-16-12-26-41-45(31)47-43(49-41)28-27-42-46(47)39-23-8-9-25-40(39)48-42/h1-10,12-14,16-23,25-29H,11,15,24H2.